The van der Waals surface area contributed by atoms with E-state index in [0.29, 0.717) is 13.0 Å². The summed E-state index contributed by atoms with van der Waals surface area (Å²) in [7, 11) is 0. The van der Waals surface area contributed by atoms with Gasteiger partial charge in [-0.25, -0.2) is 0 Å². The molecule has 1 fully saturated rings. The summed E-state index contributed by atoms with van der Waals surface area (Å²) in [6, 6.07) is -0.0456. The van der Waals surface area contributed by atoms with Crippen LogP contribution in [0.1, 0.15) is 20.3 Å². The standard InChI is InChI=1S/C12H25N3O2/c1-3-14(7-4-10-16)12(17)11(2)15-8-5-13-6-9-15/h11,13,16H,3-10H2,1-2H3. The van der Waals surface area contributed by atoms with Gasteiger partial charge in [0.1, 0.15) is 0 Å². The first-order valence-corrected chi connectivity index (χ1v) is 6.55. The van der Waals surface area contributed by atoms with E-state index in [-0.39, 0.29) is 18.6 Å². The maximum Gasteiger partial charge on any atom is 0.239 e. The highest BCUT2D eigenvalue weighted by Crippen LogP contribution is 2.06. The molecule has 0 spiro atoms. The first-order chi connectivity index (χ1) is 8.20. The number of carbonyl (C=O) groups is 1. The highest BCUT2D eigenvalue weighted by Gasteiger charge is 2.25. The van der Waals surface area contributed by atoms with Gasteiger partial charge >= 0.3 is 0 Å². The lowest BCUT2D eigenvalue weighted by atomic mass is 10.2. The minimum Gasteiger partial charge on any atom is -0.396 e. The minimum absolute atomic E-state index is 0.0456. The Balaban J connectivity index is 2.47. The second kappa shape index (κ2) is 7.63. The maximum absolute atomic E-state index is 12.3. The molecule has 0 aromatic carbocycles. The van der Waals surface area contributed by atoms with Crippen molar-refractivity contribution in [3.05, 3.63) is 0 Å². The summed E-state index contributed by atoms with van der Waals surface area (Å²) in [4.78, 5) is 16.3. The zero-order valence-corrected chi connectivity index (χ0v) is 11.0. The summed E-state index contributed by atoms with van der Waals surface area (Å²) < 4.78 is 0. The minimum atomic E-state index is -0.0456. The van der Waals surface area contributed by atoms with E-state index in [1.165, 1.54) is 0 Å². The van der Waals surface area contributed by atoms with Gasteiger partial charge in [0.2, 0.25) is 5.91 Å². The summed E-state index contributed by atoms with van der Waals surface area (Å²) in [5.41, 5.74) is 0. The molecule has 1 amide bonds. The van der Waals surface area contributed by atoms with Gasteiger partial charge < -0.3 is 15.3 Å². The van der Waals surface area contributed by atoms with Crippen LogP contribution >= 0.6 is 0 Å². The number of hydrogen-bond acceptors (Lipinski definition) is 4. The molecule has 0 bridgehead atoms. The van der Waals surface area contributed by atoms with E-state index < -0.39 is 0 Å². The van der Waals surface area contributed by atoms with Crippen molar-refractivity contribution >= 4 is 5.91 Å². The van der Waals surface area contributed by atoms with E-state index >= 15 is 0 Å². The van der Waals surface area contributed by atoms with Gasteiger partial charge in [0.15, 0.2) is 0 Å². The van der Waals surface area contributed by atoms with Gasteiger partial charge in [-0.15, -0.1) is 0 Å². The average Bonchev–Trinajstić information content (AvgIpc) is 2.39. The number of carbonyl (C=O) groups excluding carboxylic acids is 1. The summed E-state index contributed by atoms with van der Waals surface area (Å²) in [6.07, 6.45) is 0.661. The normalized spacial score (nSPS) is 19.0. The zero-order valence-electron chi connectivity index (χ0n) is 11.0. The molecule has 0 radical (unpaired) electrons. The van der Waals surface area contributed by atoms with Gasteiger partial charge in [-0.2, -0.15) is 0 Å². The molecule has 0 aromatic rings. The third-order valence-corrected chi connectivity index (χ3v) is 3.34. The van der Waals surface area contributed by atoms with Gasteiger partial charge in [-0.3, -0.25) is 9.69 Å². The molecule has 1 rings (SSSR count). The highest BCUT2D eigenvalue weighted by molar-refractivity contribution is 5.81. The van der Waals surface area contributed by atoms with Crippen LogP contribution in [-0.4, -0.2) is 72.7 Å². The molecule has 17 heavy (non-hydrogen) atoms. The molecule has 0 aromatic heterocycles. The Morgan fingerprint density at radius 3 is 2.65 bits per heavy atom. The lowest BCUT2D eigenvalue weighted by Gasteiger charge is -2.34. The summed E-state index contributed by atoms with van der Waals surface area (Å²) in [5, 5.41) is 12.1. The first-order valence-electron chi connectivity index (χ1n) is 6.55. The largest absolute Gasteiger partial charge is 0.396 e. The maximum atomic E-state index is 12.3. The third kappa shape index (κ3) is 4.26. The molecule has 5 nitrogen and oxygen atoms in total. The van der Waals surface area contributed by atoms with E-state index in [4.69, 9.17) is 5.11 Å². The number of aliphatic hydroxyl groups excluding tert-OH is 1. The topological polar surface area (TPSA) is 55.8 Å². The van der Waals surface area contributed by atoms with Crippen LogP contribution in [0.25, 0.3) is 0 Å². The molecule has 1 unspecified atom stereocenters. The molecular weight excluding hydrogens is 218 g/mol. The number of nitrogens with zero attached hydrogens (tertiary/aromatic N) is 2. The molecule has 2 N–H and O–H groups in total. The molecular formula is C12H25N3O2. The number of likely N-dealkylation sites (N-methyl/N-ethyl adjacent to an activating group) is 1. The number of piperazine rings is 1. The molecule has 5 heteroatoms. The molecule has 100 valence electrons. The fourth-order valence-corrected chi connectivity index (χ4v) is 2.18. The van der Waals surface area contributed by atoms with Crippen molar-refractivity contribution in [2.45, 2.75) is 26.3 Å². The van der Waals surface area contributed by atoms with Crippen molar-refractivity contribution in [1.29, 1.82) is 0 Å². The summed E-state index contributed by atoms with van der Waals surface area (Å²) >= 11 is 0. The van der Waals surface area contributed by atoms with Crippen molar-refractivity contribution in [2.24, 2.45) is 0 Å². The van der Waals surface area contributed by atoms with E-state index in [9.17, 15) is 4.79 Å². The number of aliphatic hydroxyl groups is 1. The van der Waals surface area contributed by atoms with E-state index in [1.807, 2.05) is 18.7 Å². The smallest absolute Gasteiger partial charge is 0.239 e. The van der Waals surface area contributed by atoms with Crippen LogP contribution in [0.3, 0.4) is 0 Å². The van der Waals surface area contributed by atoms with Crippen molar-refractivity contribution in [1.82, 2.24) is 15.1 Å². The van der Waals surface area contributed by atoms with E-state index in [0.717, 1.165) is 32.7 Å². The Labute approximate surface area is 104 Å². The van der Waals surface area contributed by atoms with E-state index in [1.54, 1.807) is 0 Å². The van der Waals surface area contributed by atoms with Crippen molar-refractivity contribution in [3.8, 4) is 0 Å². The van der Waals surface area contributed by atoms with Crippen molar-refractivity contribution in [2.75, 3.05) is 45.9 Å². The Hall–Kier alpha value is -0.650. The number of rotatable bonds is 6. The quantitative estimate of drug-likeness (QED) is 0.661. The summed E-state index contributed by atoms with van der Waals surface area (Å²) in [6.45, 7) is 9.27. The van der Waals surface area contributed by atoms with Crippen LogP contribution in [0.15, 0.2) is 0 Å². The Kier molecular flexibility index (Phi) is 6.47. The number of amides is 1. The Morgan fingerprint density at radius 2 is 2.12 bits per heavy atom. The zero-order chi connectivity index (χ0) is 12.7. The lowest BCUT2D eigenvalue weighted by Crippen LogP contribution is -2.53. The number of hydrogen-bond donors (Lipinski definition) is 2. The van der Waals surface area contributed by atoms with Gasteiger partial charge in [0, 0.05) is 45.9 Å². The van der Waals surface area contributed by atoms with Gasteiger partial charge in [0.05, 0.1) is 6.04 Å². The first kappa shape index (κ1) is 14.4. The second-order valence-electron chi connectivity index (χ2n) is 4.46. The molecule has 1 aliphatic heterocycles. The van der Waals surface area contributed by atoms with Crippen LogP contribution < -0.4 is 5.32 Å². The fourth-order valence-electron chi connectivity index (χ4n) is 2.18. The van der Waals surface area contributed by atoms with Crippen LogP contribution in [0.4, 0.5) is 0 Å². The van der Waals surface area contributed by atoms with E-state index in [2.05, 4.69) is 10.2 Å². The van der Waals surface area contributed by atoms with Gasteiger partial charge in [-0.1, -0.05) is 0 Å². The van der Waals surface area contributed by atoms with Crippen LogP contribution in [0, 0.1) is 0 Å². The van der Waals surface area contributed by atoms with Crippen LogP contribution in [0.2, 0.25) is 0 Å². The Morgan fingerprint density at radius 1 is 1.47 bits per heavy atom. The van der Waals surface area contributed by atoms with Crippen molar-refractivity contribution < 1.29 is 9.90 Å². The molecule has 1 heterocycles. The third-order valence-electron chi connectivity index (χ3n) is 3.34. The number of nitrogens with one attached hydrogen (secondary N) is 1. The molecule has 0 saturated carbocycles. The van der Waals surface area contributed by atoms with Crippen LogP contribution in [-0.2, 0) is 4.79 Å². The monoisotopic (exact) mass is 243 g/mol. The molecule has 1 atom stereocenters. The highest BCUT2D eigenvalue weighted by atomic mass is 16.3. The van der Waals surface area contributed by atoms with Gasteiger partial charge in [-0.05, 0) is 20.3 Å². The molecule has 0 aliphatic carbocycles. The predicted molar refractivity (Wildman–Crippen MR) is 67.9 cm³/mol. The van der Waals surface area contributed by atoms with Crippen molar-refractivity contribution in [3.63, 3.8) is 0 Å². The predicted octanol–water partition coefficient (Wildman–Crippen LogP) is -0.489. The van der Waals surface area contributed by atoms with Crippen LogP contribution in [0.5, 0.6) is 0 Å². The fraction of sp³-hybridized carbons (Fsp3) is 0.917. The SMILES string of the molecule is CCN(CCCO)C(=O)C(C)N1CCNCC1. The molecule has 1 saturated heterocycles. The second-order valence-corrected chi connectivity index (χ2v) is 4.46. The lowest BCUT2D eigenvalue weighted by molar-refractivity contribution is -0.136. The van der Waals surface area contributed by atoms with Gasteiger partial charge in [0.25, 0.3) is 0 Å². The Bertz CT molecular complexity index is 230. The molecule has 1 aliphatic rings. The summed E-state index contributed by atoms with van der Waals surface area (Å²) in [5.74, 6) is 0.183. The average molecular weight is 243 g/mol.